The fourth-order valence-corrected chi connectivity index (χ4v) is 2.90. The van der Waals surface area contributed by atoms with Gasteiger partial charge in [0.25, 0.3) is 0 Å². The Morgan fingerprint density at radius 1 is 1.16 bits per heavy atom. The Hall–Kier alpha value is -1.20. The first-order valence-electron chi connectivity index (χ1n) is 7.34. The van der Waals surface area contributed by atoms with Crippen molar-refractivity contribution in [2.24, 2.45) is 0 Å². The molecular formula is C14H23N5. The lowest BCUT2D eigenvalue weighted by molar-refractivity contribution is 0.544. The van der Waals surface area contributed by atoms with Crippen molar-refractivity contribution < 1.29 is 0 Å². The monoisotopic (exact) mass is 261 g/mol. The molecule has 1 aromatic rings. The first kappa shape index (κ1) is 12.8. The summed E-state index contributed by atoms with van der Waals surface area (Å²) in [7, 11) is 0. The van der Waals surface area contributed by atoms with E-state index in [-0.39, 0.29) is 0 Å². The molecule has 0 aliphatic carbocycles. The van der Waals surface area contributed by atoms with Crippen molar-refractivity contribution >= 4 is 5.95 Å². The maximum Gasteiger partial charge on any atom is 0.225 e. The third-order valence-electron chi connectivity index (χ3n) is 3.95. The number of aryl methyl sites for hydroxylation is 1. The predicted molar refractivity (Wildman–Crippen MR) is 75.9 cm³/mol. The maximum absolute atomic E-state index is 4.79. The molecule has 2 N–H and O–H groups in total. The van der Waals surface area contributed by atoms with Gasteiger partial charge in [0.2, 0.25) is 5.95 Å². The quantitative estimate of drug-likeness (QED) is 0.848. The van der Waals surface area contributed by atoms with Crippen LogP contribution in [0.3, 0.4) is 0 Å². The molecule has 104 valence electrons. The summed E-state index contributed by atoms with van der Waals surface area (Å²) in [5.41, 5.74) is 8.76. The number of nitrogens with one attached hydrogen (secondary N) is 2. The van der Waals surface area contributed by atoms with E-state index in [0.29, 0.717) is 12.1 Å². The molecule has 2 fully saturated rings. The van der Waals surface area contributed by atoms with Crippen molar-refractivity contribution in [3.8, 4) is 0 Å². The third-order valence-corrected chi connectivity index (χ3v) is 3.95. The average molecular weight is 261 g/mol. The summed E-state index contributed by atoms with van der Waals surface area (Å²) < 4.78 is 0. The highest BCUT2D eigenvalue weighted by atomic mass is 15.4. The van der Waals surface area contributed by atoms with Crippen LogP contribution in [-0.4, -0.2) is 29.1 Å². The molecular weight excluding hydrogens is 238 g/mol. The van der Waals surface area contributed by atoms with E-state index in [9.17, 15) is 0 Å². The molecule has 2 aliphatic rings. The second-order valence-corrected chi connectivity index (χ2v) is 5.76. The number of rotatable bonds is 2. The third kappa shape index (κ3) is 2.87. The van der Waals surface area contributed by atoms with Crippen LogP contribution in [0.1, 0.15) is 50.0 Å². The van der Waals surface area contributed by atoms with Crippen LogP contribution in [0.25, 0.3) is 0 Å². The lowest BCUT2D eigenvalue weighted by Gasteiger charge is -2.27. The van der Waals surface area contributed by atoms with Crippen LogP contribution in [0.15, 0.2) is 6.07 Å². The minimum atomic E-state index is 0.306. The number of piperidine rings is 1. The first-order chi connectivity index (χ1) is 9.22. The molecule has 1 aromatic heterocycles. The normalized spacial score (nSPS) is 27.8. The van der Waals surface area contributed by atoms with Gasteiger partial charge in [-0.2, -0.15) is 0 Å². The lowest BCUT2D eigenvalue weighted by atomic mass is 10.1. The molecule has 0 saturated carbocycles. The van der Waals surface area contributed by atoms with Gasteiger partial charge in [0.05, 0.1) is 11.7 Å². The summed E-state index contributed by atoms with van der Waals surface area (Å²) in [6, 6.07) is 2.91. The Kier molecular flexibility index (Phi) is 3.66. The van der Waals surface area contributed by atoms with Crippen LogP contribution in [-0.2, 0) is 0 Å². The molecule has 0 amide bonds. The van der Waals surface area contributed by atoms with E-state index in [1.807, 2.05) is 0 Å². The van der Waals surface area contributed by atoms with Crippen molar-refractivity contribution in [1.29, 1.82) is 0 Å². The summed E-state index contributed by atoms with van der Waals surface area (Å²) in [6.45, 7) is 6.43. The van der Waals surface area contributed by atoms with Gasteiger partial charge in [-0.1, -0.05) is 0 Å². The summed E-state index contributed by atoms with van der Waals surface area (Å²) in [5.74, 6) is 0.913. The minimum absolute atomic E-state index is 0.306. The molecule has 2 aliphatic heterocycles. The van der Waals surface area contributed by atoms with Crippen LogP contribution in [0.4, 0.5) is 5.95 Å². The topological polar surface area (TPSA) is 53.1 Å². The molecule has 3 heterocycles. The average Bonchev–Trinajstić information content (AvgIpc) is 2.86. The number of hydrogen-bond acceptors (Lipinski definition) is 5. The molecule has 0 spiro atoms. The van der Waals surface area contributed by atoms with E-state index in [1.165, 1.54) is 19.3 Å². The molecule has 0 radical (unpaired) electrons. The number of anilines is 1. The molecule has 0 aromatic carbocycles. The number of nitrogens with zero attached hydrogens (tertiary/aromatic N) is 3. The van der Waals surface area contributed by atoms with Crippen molar-refractivity contribution in [3.05, 3.63) is 17.5 Å². The summed E-state index contributed by atoms with van der Waals surface area (Å²) in [6.07, 6.45) is 4.93. The SMILES string of the molecule is Cc1cc(C2CC(C)NN2)nc(N2CCCCC2)n1. The number of aromatic nitrogens is 2. The molecule has 5 heteroatoms. The molecule has 2 saturated heterocycles. The molecule has 2 unspecified atom stereocenters. The van der Waals surface area contributed by atoms with Gasteiger partial charge in [0.1, 0.15) is 0 Å². The smallest absolute Gasteiger partial charge is 0.225 e. The fraction of sp³-hybridized carbons (Fsp3) is 0.714. The van der Waals surface area contributed by atoms with Gasteiger partial charge in [-0.15, -0.1) is 0 Å². The highest BCUT2D eigenvalue weighted by molar-refractivity contribution is 5.33. The number of hydrazine groups is 1. The van der Waals surface area contributed by atoms with Gasteiger partial charge >= 0.3 is 0 Å². The largest absolute Gasteiger partial charge is 0.341 e. The molecule has 3 rings (SSSR count). The van der Waals surface area contributed by atoms with E-state index in [4.69, 9.17) is 4.98 Å². The Morgan fingerprint density at radius 3 is 2.63 bits per heavy atom. The van der Waals surface area contributed by atoms with Gasteiger partial charge < -0.3 is 4.90 Å². The van der Waals surface area contributed by atoms with Crippen LogP contribution in [0.2, 0.25) is 0 Å². The van der Waals surface area contributed by atoms with Crippen molar-refractivity contribution in [2.45, 2.75) is 51.6 Å². The zero-order chi connectivity index (χ0) is 13.2. The predicted octanol–water partition coefficient (Wildman–Crippen LogP) is 1.70. The highest BCUT2D eigenvalue weighted by Gasteiger charge is 2.24. The van der Waals surface area contributed by atoms with Crippen LogP contribution in [0, 0.1) is 6.92 Å². The number of hydrogen-bond donors (Lipinski definition) is 2. The van der Waals surface area contributed by atoms with E-state index in [0.717, 1.165) is 36.8 Å². The first-order valence-corrected chi connectivity index (χ1v) is 7.34. The van der Waals surface area contributed by atoms with E-state index in [2.05, 4.69) is 40.6 Å². The van der Waals surface area contributed by atoms with E-state index in [1.54, 1.807) is 0 Å². The molecule has 0 bridgehead atoms. The fourth-order valence-electron chi connectivity index (χ4n) is 2.90. The summed E-state index contributed by atoms with van der Waals surface area (Å²) in [5, 5.41) is 0. The Morgan fingerprint density at radius 2 is 1.95 bits per heavy atom. The standard InChI is InChI=1S/C14H23N5/c1-10-8-12(13-9-11(2)17-18-13)16-14(15-10)19-6-4-3-5-7-19/h8,11,13,17-18H,3-7,9H2,1-2H3. The maximum atomic E-state index is 4.79. The van der Waals surface area contributed by atoms with Crippen LogP contribution >= 0.6 is 0 Å². The second-order valence-electron chi connectivity index (χ2n) is 5.76. The Labute approximate surface area is 114 Å². The van der Waals surface area contributed by atoms with Crippen molar-refractivity contribution in [2.75, 3.05) is 18.0 Å². The van der Waals surface area contributed by atoms with Gasteiger partial charge in [0, 0.05) is 24.8 Å². The lowest BCUT2D eigenvalue weighted by Crippen LogP contribution is -2.32. The van der Waals surface area contributed by atoms with Gasteiger partial charge in [-0.25, -0.2) is 15.4 Å². The van der Waals surface area contributed by atoms with Gasteiger partial charge in [-0.3, -0.25) is 5.43 Å². The van der Waals surface area contributed by atoms with E-state index >= 15 is 0 Å². The van der Waals surface area contributed by atoms with Crippen molar-refractivity contribution in [3.63, 3.8) is 0 Å². The molecule has 19 heavy (non-hydrogen) atoms. The van der Waals surface area contributed by atoms with Gasteiger partial charge in [0.15, 0.2) is 0 Å². The van der Waals surface area contributed by atoms with Crippen LogP contribution in [0.5, 0.6) is 0 Å². The zero-order valence-electron chi connectivity index (χ0n) is 11.8. The second kappa shape index (κ2) is 5.43. The van der Waals surface area contributed by atoms with Crippen LogP contribution < -0.4 is 15.8 Å². The summed E-state index contributed by atoms with van der Waals surface area (Å²) in [4.78, 5) is 11.7. The highest BCUT2D eigenvalue weighted by Crippen LogP contribution is 2.23. The minimum Gasteiger partial charge on any atom is -0.341 e. The molecule has 5 nitrogen and oxygen atoms in total. The van der Waals surface area contributed by atoms with E-state index < -0.39 is 0 Å². The summed E-state index contributed by atoms with van der Waals surface area (Å²) >= 11 is 0. The van der Waals surface area contributed by atoms with Gasteiger partial charge in [-0.05, 0) is 45.6 Å². The Balaban J connectivity index is 1.83. The molecule has 2 atom stereocenters. The zero-order valence-corrected chi connectivity index (χ0v) is 11.8. The Bertz CT molecular complexity index is 418. The van der Waals surface area contributed by atoms with Crippen molar-refractivity contribution in [1.82, 2.24) is 20.8 Å².